The first-order valence-electron chi connectivity index (χ1n) is 7.62. The molecule has 0 atom stereocenters. The molecule has 0 spiro atoms. The molecule has 25 heavy (non-hydrogen) atoms. The van der Waals surface area contributed by atoms with E-state index in [0.29, 0.717) is 17.8 Å². The van der Waals surface area contributed by atoms with Crippen molar-refractivity contribution in [3.63, 3.8) is 0 Å². The van der Waals surface area contributed by atoms with Crippen molar-refractivity contribution >= 4 is 28.8 Å². The van der Waals surface area contributed by atoms with Crippen LogP contribution < -0.4 is 16.1 Å². The van der Waals surface area contributed by atoms with Gasteiger partial charge in [0.2, 0.25) is 5.71 Å². The third-order valence-electron chi connectivity index (χ3n) is 3.40. The standard InChI is InChI=1S/C18H18N6O/c1-2-24(15-9-4-3-5-10-15)18(25)13-7-6-8-14(11-13)22-23-16(12-19)17(20)21/h3-11,22H,2H2,1H3,(H3,20,21)/b23-16+. The van der Waals surface area contributed by atoms with Crippen LogP contribution in [0.2, 0.25) is 0 Å². The molecule has 0 aliphatic heterocycles. The average Bonchev–Trinajstić information content (AvgIpc) is 2.63. The van der Waals surface area contributed by atoms with Gasteiger partial charge in [0.05, 0.1) is 5.69 Å². The number of nitrogens with zero attached hydrogens (tertiary/aromatic N) is 3. The van der Waals surface area contributed by atoms with E-state index in [1.807, 2.05) is 37.3 Å². The zero-order chi connectivity index (χ0) is 18.2. The molecule has 0 heterocycles. The lowest BCUT2D eigenvalue weighted by molar-refractivity contribution is 0.0988. The van der Waals surface area contributed by atoms with Gasteiger partial charge >= 0.3 is 0 Å². The van der Waals surface area contributed by atoms with Gasteiger partial charge in [-0.05, 0) is 37.3 Å². The maximum absolute atomic E-state index is 12.8. The van der Waals surface area contributed by atoms with E-state index in [2.05, 4.69) is 10.5 Å². The number of hydrogen-bond acceptors (Lipinski definition) is 5. The molecule has 0 unspecified atom stereocenters. The van der Waals surface area contributed by atoms with E-state index >= 15 is 0 Å². The van der Waals surface area contributed by atoms with Crippen LogP contribution in [-0.4, -0.2) is 24.0 Å². The minimum Gasteiger partial charge on any atom is -0.382 e. The van der Waals surface area contributed by atoms with Gasteiger partial charge in [0.25, 0.3) is 5.91 Å². The number of anilines is 2. The van der Waals surface area contributed by atoms with Gasteiger partial charge < -0.3 is 10.6 Å². The second-order valence-electron chi connectivity index (χ2n) is 5.06. The second-order valence-corrected chi connectivity index (χ2v) is 5.06. The number of nitrogens with two attached hydrogens (primary N) is 1. The third kappa shape index (κ3) is 4.42. The molecular weight excluding hydrogens is 316 g/mol. The van der Waals surface area contributed by atoms with Gasteiger partial charge in [0, 0.05) is 17.8 Å². The van der Waals surface area contributed by atoms with Gasteiger partial charge in [-0.25, -0.2) is 0 Å². The lowest BCUT2D eigenvalue weighted by Crippen LogP contribution is -2.30. The smallest absolute Gasteiger partial charge is 0.258 e. The highest BCUT2D eigenvalue weighted by molar-refractivity contribution is 6.45. The maximum Gasteiger partial charge on any atom is 0.258 e. The number of benzene rings is 2. The van der Waals surface area contributed by atoms with Crippen LogP contribution in [0.3, 0.4) is 0 Å². The number of amides is 1. The summed E-state index contributed by atoms with van der Waals surface area (Å²) in [5, 5.41) is 19.8. The average molecular weight is 334 g/mol. The lowest BCUT2D eigenvalue weighted by atomic mass is 10.1. The molecule has 2 aromatic carbocycles. The van der Waals surface area contributed by atoms with Gasteiger partial charge in [0.1, 0.15) is 6.07 Å². The summed E-state index contributed by atoms with van der Waals surface area (Å²) in [5.74, 6) is -0.572. The number of rotatable bonds is 6. The van der Waals surface area contributed by atoms with Crippen LogP contribution in [-0.2, 0) is 0 Å². The number of hydrogen-bond donors (Lipinski definition) is 3. The van der Waals surface area contributed by atoms with E-state index in [1.165, 1.54) is 0 Å². The van der Waals surface area contributed by atoms with E-state index in [1.54, 1.807) is 35.2 Å². The number of hydrazone groups is 1. The molecule has 0 radical (unpaired) electrons. The Morgan fingerprint density at radius 2 is 2.00 bits per heavy atom. The van der Waals surface area contributed by atoms with Gasteiger partial charge in [-0.15, -0.1) is 0 Å². The van der Waals surface area contributed by atoms with E-state index in [4.69, 9.17) is 16.4 Å². The van der Waals surface area contributed by atoms with Crippen molar-refractivity contribution in [2.45, 2.75) is 6.92 Å². The minimum atomic E-state index is -0.427. The van der Waals surface area contributed by atoms with Crippen LogP contribution in [0.15, 0.2) is 59.7 Å². The molecule has 0 saturated carbocycles. The number of amidine groups is 1. The quantitative estimate of drug-likeness (QED) is 0.427. The number of nitrogens with one attached hydrogen (secondary N) is 2. The van der Waals surface area contributed by atoms with Gasteiger partial charge in [0.15, 0.2) is 5.84 Å². The molecule has 2 rings (SSSR count). The number of para-hydroxylation sites is 1. The fourth-order valence-electron chi connectivity index (χ4n) is 2.19. The van der Waals surface area contributed by atoms with Crippen molar-refractivity contribution in [2.75, 3.05) is 16.9 Å². The van der Waals surface area contributed by atoms with Crippen molar-refractivity contribution in [3.8, 4) is 6.07 Å². The Labute approximate surface area is 145 Å². The van der Waals surface area contributed by atoms with E-state index in [9.17, 15) is 4.79 Å². The van der Waals surface area contributed by atoms with Gasteiger partial charge in [-0.2, -0.15) is 10.4 Å². The van der Waals surface area contributed by atoms with Crippen molar-refractivity contribution in [3.05, 3.63) is 60.2 Å². The Bertz CT molecular complexity index is 838. The number of carbonyl (C=O) groups is 1. The van der Waals surface area contributed by atoms with Crippen LogP contribution >= 0.6 is 0 Å². The first-order valence-corrected chi connectivity index (χ1v) is 7.62. The van der Waals surface area contributed by atoms with Gasteiger partial charge in [-0.3, -0.25) is 15.6 Å². The van der Waals surface area contributed by atoms with Crippen LogP contribution in [0.5, 0.6) is 0 Å². The summed E-state index contributed by atoms with van der Waals surface area (Å²) in [5.41, 5.74) is 9.47. The summed E-state index contributed by atoms with van der Waals surface area (Å²) in [6.07, 6.45) is 0. The van der Waals surface area contributed by atoms with Crippen molar-refractivity contribution in [2.24, 2.45) is 10.8 Å². The molecule has 7 nitrogen and oxygen atoms in total. The summed E-state index contributed by atoms with van der Waals surface area (Å²) < 4.78 is 0. The zero-order valence-corrected chi connectivity index (χ0v) is 13.7. The first kappa shape index (κ1) is 17.7. The van der Waals surface area contributed by atoms with E-state index < -0.39 is 5.84 Å². The number of carbonyl (C=O) groups excluding carboxylic acids is 1. The summed E-state index contributed by atoms with van der Waals surface area (Å²) in [6, 6.07) is 17.9. The minimum absolute atomic E-state index is 0.145. The normalized spacial score (nSPS) is 10.6. The Morgan fingerprint density at radius 3 is 2.60 bits per heavy atom. The SMILES string of the molecule is CCN(C(=O)c1cccc(N/N=C(\C#N)C(=N)N)c1)c1ccccc1. The third-order valence-corrected chi connectivity index (χ3v) is 3.40. The van der Waals surface area contributed by atoms with Crippen molar-refractivity contribution in [1.29, 1.82) is 10.7 Å². The maximum atomic E-state index is 12.8. The lowest BCUT2D eigenvalue weighted by Gasteiger charge is -2.21. The highest BCUT2D eigenvalue weighted by Crippen LogP contribution is 2.18. The molecule has 0 aliphatic rings. The van der Waals surface area contributed by atoms with Crippen molar-refractivity contribution in [1.82, 2.24) is 0 Å². The fourth-order valence-corrected chi connectivity index (χ4v) is 2.19. The Balaban J connectivity index is 2.24. The summed E-state index contributed by atoms with van der Waals surface area (Å²) in [6.45, 7) is 2.44. The molecule has 4 N–H and O–H groups in total. The highest BCUT2D eigenvalue weighted by atomic mass is 16.2. The Kier molecular flexibility index (Phi) is 5.85. The molecule has 7 heteroatoms. The highest BCUT2D eigenvalue weighted by Gasteiger charge is 2.16. The summed E-state index contributed by atoms with van der Waals surface area (Å²) in [4.78, 5) is 14.5. The van der Waals surface area contributed by atoms with Crippen LogP contribution in [0, 0.1) is 16.7 Å². The molecular formula is C18H18N6O. The zero-order valence-electron chi connectivity index (χ0n) is 13.7. The van der Waals surface area contributed by atoms with Crippen LogP contribution in [0.25, 0.3) is 0 Å². The first-order chi connectivity index (χ1) is 12.1. The molecule has 2 aromatic rings. The Hall–Kier alpha value is -3.66. The molecule has 0 aromatic heterocycles. The predicted molar refractivity (Wildman–Crippen MR) is 98.8 cm³/mol. The van der Waals surface area contributed by atoms with Crippen LogP contribution in [0.4, 0.5) is 11.4 Å². The monoisotopic (exact) mass is 334 g/mol. The second kappa shape index (κ2) is 8.26. The topological polar surface area (TPSA) is 118 Å². The van der Waals surface area contributed by atoms with Crippen molar-refractivity contribution < 1.29 is 4.79 Å². The number of nitriles is 1. The summed E-state index contributed by atoms with van der Waals surface area (Å²) in [7, 11) is 0. The molecule has 0 aliphatic carbocycles. The predicted octanol–water partition coefficient (Wildman–Crippen LogP) is 2.58. The summed E-state index contributed by atoms with van der Waals surface area (Å²) >= 11 is 0. The van der Waals surface area contributed by atoms with E-state index in [-0.39, 0.29) is 11.6 Å². The molecule has 1 amide bonds. The molecule has 0 fully saturated rings. The fraction of sp³-hybridized carbons (Fsp3) is 0.111. The Morgan fingerprint density at radius 1 is 1.28 bits per heavy atom. The van der Waals surface area contributed by atoms with Gasteiger partial charge in [-0.1, -0.05) is 24.3 Å². The molecule has 0 saturated heterocycles. The molecule has 0 bridgehead atoms. The van der Waals surface area contributed by atoms with Crippen LogP contribution in [0.1, 0.15) is 17.3 Å². The largest absolute Gasteiger partial charge is 0.382 e. The molecule has 126 valence electrons. The van der Waals surface area contributed by atoms with E-state index in [0.717, 1.165) is 5.69 Å².